The Hall–Kier alpha value is -4.33. The van der Waals surface area contributed by atoms with Crippen LogP contribution >= 0.6 is 0 Å². The average molecular weight is 515 g/mol. The fraction of sp³-hybridized carbons (Fsp3) is 0.300. The molecule has 1 aliphatic heterocycles. The number of nitrogens with zero attached hydrogens (tertiary/aromatic N) is 1. The molecule has 0 fully saturated rings. The predicted octanol–water partition coefficient (Wildman–Crippen LogP) is 5.79. The van der Waals surface area contributed by atoms with Crippen molar-refractivity contribution in [1.82, 2.24) is 4.90 Å². The standard InChI is InChI=1S/C30H30N2O6/c1-30(2,3)38-28(35)31-20-13-12-18-16-32(26(27(33)34)15-19(18)14-20)29(36)37-17-25-23-10-6-4-8-21(23)22-9-5-7-11-24(22)25/h4-14,25-26H,15-17H2,1-3H3,(H,31,35)(H,33,34)/t26-/m0/s1. The summed E-state index contributed by atoms with van der Waals surface area (Å²) in [6.45, 7) is 5.52. The number of aliphatic carboxylic acids is 1. The molecule has 0 spiro atoms. The van der Waals surface area contributed by atoms with Crippen LogP contribution in [0.25, 0.3) is 11.1 Å². The van der Waals surface area contributed by atoms with Crippen LogP contribution in [0.3, 0.4) is 0 Å². The molecule has 5 rings (SSSR count). The highest BCUT2D eigenvalue weighted by atomic mass is 16.6. The number of amides is 2. The summed E-state index contributed by atoms with van der Waals surface area (Å²) in [7, 11) is 0. The molecule has 0 aromatic heterocycles. The fourth-order valence-corrected chi connectivity index (χ4v) is 5.17. The fourth-order valence-electron chi connectivity index (χ4n) is 5.17. The minimum atomic E-state index is -1.12. The number of hydrogen-bond acceptors (Lipinski definition) is 5. The summed E-state index contributed by atoms with van der Waals surface area (Å²) in [6, 6.07) is 20.2. The first-order valence-corrected chi connectivity index (χ1v) is 12.6. The van der Waals surface area contributed by atoms with Crippen LogP contribution in [-0.4, -0.2) is 46.4 Å². The van der Waals surface area contributed by atoms with Crippen LogP contribution in [0.4, 0.5) is 15.3 Å². The molecule has 2 amide bonds. The Morgan fingerprint density at radius 3 is 2.18 bits per heavy atom. The number of nitrogens with one attached hydrogen (secondary N) is 1. The van der Waals surface area contributed by atoms with Gasteiger partial charge in [-0.25, -0.2) is 14.4 Å². The summed E-state index contributed by atoms with van der Waals surface area (Å²) >= 11 is 0. The molecule has 0 radical (unpaired) electrons. The molecule has 0 unspecified atom stereocenters. The molecule has 3 aromatic rings. The van der Waals surface area contributed by atoms with Gasteiger partial charge in [0.2, 0.25) is 0 Å². The van der Waals surface area contributed by atoms with Gasteiger partial charge in [0.1, 0.15) is 18.2 Å². The van der Waals surface area contributed by atoms with Gasteiger partial charge >= 0.3 is 18.2 Å². The Bertz CT molecular complexity index is 1360. The van der Waals surface area contributed by atoms with Gasteiger partial charge in [0, 0.05) is 18.0 Å². The SMILES string of the molecule is CC(C)(C)OC(=O)Nc1ccc2c(c1)C[C@@H](C(=O)O)N(C(=O)OCC1c3ccccc3-c3ccccc31)C2. The van der Waals surface area contributed by atoms with Crippen LogP contribution in [0.15, 0.2) is 66.7 Å². The maximum Gasteiger partial charge on any atom is 0.412 e. The summed E-state index contributed by atoms with van der Waals surface area (Å²) < 4.78 is 11.0. The number of benzene rings is 3. The van der Waals surface area contributed by atoms with Gasteiger partial charge in [-0.3, -0.25) is 10.2 Å². The molecule has 8 nitrogen and oxygen atoms in total. The van der Waals surface area contributed by atoms with Gasteiger partial charge in [-0.1, -0.05) is 54.6 Å². The number of hydrogen-bond donors (Lipinski definition) is 2. The molecular formula is C30H30N2O6. The minimum absolute atomic E-state index is 0.0929. The van der Waals surface area contributed by atoms with Crippen LogP contribution in [0.5, 0.6) is 0 Å². The van der Waals surface area contributed by atoms with E-state index in [1.807, 2.05) is 36.4 Å². The lowest BCUT2D eigenvalue weighted by molar-refractivity contribution is -0.143. The quantitative estimate of drug-likeness (QED) is 0.456. The molecule has 38 heavy (non-hydrogen) atoms. The van der Waals surface area contributed by atoms with Crippen LogP contribution < -0.4 is 5.32 Å². The van der Waals surface area contributed by atoms with Crippen molar-refractivity contribution in [2.24, 2.45) is 0 Å². The minimum Gasteiger partial charge on any atom is -0.480 e. The molecule has 196 valence electrons. The second-order valence-electron chi connectivity index (χ2n) is 10.6. The molecule has 1 aliphatic carbocycles. The van der Waals surface area contributed by atoms with Crippen molar-refractivity contribution in [1.29, 1.82) is 0 Å². The lowest BCUT2D eigenvalue weighted by atomic mass is 9.93. The average Bonchev–Trinajstić information content (AvgIpc) is 3.19. The molecule has 8 heteroatoms. The maximum absolute atomic E-state index is 13.2. The number of fused-ring (bicyclic) bond motifs is 4. The van der Waals surface area contributed by atoms with E-state index in [-0.39, 0.29) is 25.5 Å². The lowest BCUT2D eigenvalue weighted by Crippen LogP contribution is -2.49. The van der Waals surface area contributed by atoms with E-state index in [1.54, 1.807) is 39.0 Å². The summed E-state index contributed by atoms with van der Waals surface area (Å²) in [5, 5.41) is 12.6. The summed E-state index contributed by atoms with van der Waals surface area (Å²) in [5.74, 6) is -1.23. The number of carboxylic acids is 1. The summed E-state index contributed by atoms with van der Waals surface area (Å²) in [5.41, 5.74) is 5.81. The van der Waals surface area contributed by atoms with Crippen LogP contribution in [-0.2, 0) is 27.2 Å². The molecule has 1 atom stereocenters. The normalized spacial score (nSPS) is 16.2. The largest absolute Gasteiger partial charge is 0.480 e. The van der Waals surface area contributed by atoms with E-state index in [4.69, 9.17) is 9.47 Å². The highest BCUT2D eigenvalue weighted by Gasteiger charge is 2.37. The molecule has 2 aliphatic rings. The van der Waals surface area contributed by atoms with Crippen molar-refractivity contribution in [2.75, 3.05) is 11.9 Å². The number of ether oxygens (including phenoxy) is 2. The Balaban J connectivity index is 1.31. The van der Waals surface area contributed by atoms with Gasteiger partial charge in [-0.15, -0.1) is 0 Å². The Morgan fingerprint density at radius 1 is 0.947 bits per heavy atom. The number of rotatable bonds is 4. The predicted molar refractivity (Wildman–Crippen MR) is 142 cm³/mol. The second kappa shape index (κ2) is 9.85. The molecule has 0 bridgehead atoms. The topological polar surface area (TPSA) is 105 Å². The lowest BCUT2D eigenvalue weighted by Gasteiger charge is -2.34. The molecule has 1 heterocycles. The van der Waals surface area contributed by atoms with Crippen LogP contribution in [0.1, 0.15) is 48.9 Å². The molecule has 2 N–H and O–H groups in total. The number of carboxylic acid groups (broad SMARTS) is 1. The van der Waals surface area contributed by atoms with Gasteiger partial charge < -0.3 is 14.6 Å². The zero-order chi connectivity index (χ0) is 27.0. The van der Waals surface area contributed by atoms with Crippen molar-refractivity contribution < 1.29 is 29.0 Å². The summed E-state index contributed by atoms with van der Waals surface area (Å²) in [6.07, 6.45) is -1.16. The smallest absolute Gasteiger partial charge is 0.412 e. The van der Waals surface area contributed by atoms with Crippen LogP contribution in [0, 0.1) is 0 Å². The van der Waals surface area contributed by atoms with E-state index in [2.05, 4.69) is 17.4 Å². The first-order valence-electron chi connectivity index (χ1n) is 12.6. The number of carbonyl (C=O) groups is 3. The highest BCUT2D eigenvalue weighted by molar-refractivity contribution is 5.86. The molecule has 3 aromatic carbocycles. The van der Waals surface area contributed by atoms with E-state index < -0.39 is 29.8 Å². The molecule has 0 saturated heterocycles. The van der Waals surface area contributed by atoms with Gasteiger partial charge in [0.25, 0.3) is 0 Å². The molecular weight excluding hydrogens is 484 g/mol. The van der Waals surface area contributed by atoms with E-state index in [0.717, 1.165) is 33.4 Å². The number of carbonyl (C=O) groups excluding carboxylic acids is 2. The van der Waals surface area contributed by atoms with Crippen molar-refractivity contribution >= 4 is 23.8 Å². The van der Waals surface area contributed by atoms with Gasteiger partial charge in [-0.05, 0) is 66.3 Å². The maximum atomic E-state index is 13.2. The monoisotopic (exact) mass is 514 g/mol. The van der Waals surface area contributed by atoms with E-state index >= 15 is 0 Å². The first-order chi connectivity index (χ1) is 18.1. The third kappa shape index (κ3) is 5.07. The van der Waals surface area contributed by atoms with E-state index in [0.29, 0.717) is 5.69 Å². The van der Waals surface area contributed by atoms with Crippen molar-refractivity contribution in [3.8, 4) is 11.1 Å². The Kier molecular flexibility index (Phi) is 6.57. The molecule has 0 saturated carbocycles. The zero-order valence-electron chi connectivity index (χ0n) is 21.6. The zero-order valence-corrected chi connectivity index (χ0v) is 21.6. The van der Waals surface area contributed by atoms with Crippen molar-refractivity contribution in [3.05, 3.63) is 89.0 Å². The highest BCUT2D eigenvalue weighted by Crippen LogP contribution is 2.44. The summed E-state index contributed by atoms with van der Waals surface area (Å²) in [4.78, 5) is 38.8. The van der Waals surface area contributed by atoms with E-state index in [9.17, 15) is 19.5 Å². The number of anilines is 1. The van der Waals surface area contributed by atoms with E-state index in [1.165, 1.54) is 4.90 Å². The van der Waals surface area contributed by atoms with Crippen LogP contribution in [0.2, 0.25) is 0 Å². The third-order valence-corrected chi connectivity index (χ3v) is 6.84. The van der Waals surface area contributed by atoms with Gasteiger partial charge in [0.15, 0.2) is 0 Å². The Labute approximate surface area is 221 Å². The first kappa shape index (κ1) is 25.3. The van der Waals surface area contributed by atoms with Gasteiger partial charge in [-0.2, -0.15) is 0 Å². The van der Waals surface area contributed by atoms with Gasteiger partial charge in [0.05, 0.1) is 6.54 Å². The Morgan fingerprint density at radius 2 is 1.58 bits per heavy atom. The van der Waals surface area contributed by atoms with Crippen molar-refractivity contribution in [3.63, 3.8) is 0 Å². The van der Waals surface area contributed by atoms with Crippen molar-refractivity contribution in [2.45, 2.75) is 51.3 Å². The second-order valence-corrected chi connectivity index (χ2v) is 10.6. The third-order valence-electron chi connectivity index (χ3n) is 6.84.